The zero-order valence-corrected chi connectivity index (χ0v) is 9.93. The molecular formula is C10H13FIN. The Hall–Kier alpha value is -0.320. The second kappa shape index (κ2) is 4.79. The van der Waals surface area contributed by atoms with Crippen LogP contribution in [0, 0.1) is 9.39 Å². The van der Waals surface area contributed by atoms with E-state index in [1.54, 1.807) is 6.07 Å². The third-order valence-corrected chi connectivity index (χ3v) is 2.84. The topological polar surface area (TPSA) is 12.0 Å². The molecule has 0 heterocycles. The van der Waals surface area contributed by atoms with Gasteiger partial charge in [0.1, 0.15) is 5.82 Å². The van der Waals surface area contributed by atoms with Crippen LogP contribution < -0.4 is 5.32 Å². The van der Waals surface area contributed by atoms with Gasteiger partial charge in [0.15, 0.2) is 0 Å². The number of benzene rings is 1. The van der Waals surface area contributed by atoms with E-state index in [0.717, 1.165) is 15.7 Å². The summed E-state index contributed by atoms with van der Waals surface area (Å²) in [6, 6.07) is 5.22. The molecule has 1 atom stereocenters. The van der Waals surface area contributed by atoms with Crippen LogP contribution >= 0.6 is 22.6 Å². The summed E-state index contributed by atoms with van der Waals surface area (Å²) < 4.78 is 13.7. The molecule has 1 unspecified atom stereocenters. The first kappa shape index (κ1) is 10.8. The van der Waals surface area contributed by atoms with Gasteiger partial charge in [0.2, 0.25) is 0 Å². The van der Waals surface area contributed by atoms with E-state index < -0.39 is 0 Å². The predicted octanol–water partition coefficient (Wildman–Crippen LogP) is 3.64. The van der Waals surface area contributed by atoms with Crippen molar-refractivity contribution in [1.29, 1.82) is 0 Å². The predicted molar refractivity (Wildman–Crippen MR) is 62.5 cm³/mol. The molecule has 0 aliphatic carbocycles. The monoisotopic (exact) mass is 293 g/mol. The summed E-state index contributed by atoms with van der Waals surface area (Å²) in [5.74, 6) is -0.181. The third-order valence-electron chi connectivity index (χ3n) is 1.95. The Labute approximate surface area is 91.9 Å². The maximum atomic E-state index is 12.7. The Balaban J connectivity index is 2.77. The van der Waals surface area contributed by atoms with Crippen LogP contribution in [0.3, 0.4) is 0 Å². The van der Waals surface area contributed by atoms with Crippen molar-refractivity contribution in [3.8, 4) is 0 Å². The van der Waals surface area contributed by atoms with Crippen LogP contribution in [0.15, 0.2) is 18.2 Å². The van der Waals surface area contributed by atoms with Gasteiger partial charge >= 0.3 is 0 Å². The lowest BCUT2D eigenvalue weighted by Crippen LogP contribution is -2.14. The molecule has 0 saturated heterocycles. The summed E-state index contributed by atoms with van der Waals surface area (Å²) in [5, 5.41) is 3.31. The fourth-order valence-electron chi connectivity index (χ4n) is 0.974. The average Bonchev–Trinajstić information content (AvgIpc) is 2.09. The normalized spacial score (nSPS) is 12.6. The van der Waals surface area contributed by atoms with Gasteiger partial charge in [0, 0.05) is 15.3 Å². The quantitative estimate of drug-likeness (QED) is 0.839. The molecule has 13 heavy (non-hydrogen) atoms. The Bertz CT molecular complexity index is 288. The highest BCUT2D eigenvalue weighted by Gasteiger charge is 2.03. The van der Waals surface area contributed by atoms with Crippen molar-refractivity contribution >= 4 is 28.3 Å². The fraction of sp³-hybridized carbons (Fsp3) is 0.400. The summed E-state index contributed by atoms with van der Waals surface area (Å²) in [5.41, 5.74) is 1.01. The van der Waals surface area contributed by atoms with Gasteiger partial charge in [-0.15, -0.1) is 0 Å². The SMILES string of the molecule is CCC(C)Nc1ccc(F)cc1I. The Kier molecular flexibility index (Phi) is 3.96. The van der Waals surface area contributed by atoms with Crippen LogP contribution in [-0.2, 0) is 0 Å². The van der Waals surface area contributed by atoms with Crippen molar-refractivity contribution < 1.29 is 4.39 Å². The van der Waals surface area contributed by atoms with Crippen LogP contribution in [0.25, 0.3) is 0 Å². The summed E-state index contributed by atoms with van der Waals surface area (Å²) in [7, 11) is 0. The molecule has 0 aliphatic heterocycles. The largest absolute Gasteiger partial charge is 0.382 e. The molecule has 0 bridgehead atoms. The highest BCUT2D eigenvalue weighted by Crippen LogP contribution is 2.20. The van der Waals surface area contributed by atoms with Crippen molar-refractivity contribution in [2.75, 3.05) is 5.32 Å². The van der Waals surface area contributed by atoms with Gasteiger partial charge < -0.3 is 5.32 Å². The van der Waals surface area contributed by atoms with Gasteiger partial charge in [-0.3, -0.25) is 0 Å². The molecule has 0 fully saturated rings. The van der Waals surface area contributed by atoms with Crippen LogP contribution in [-0.4, -0.2) is 6.04 Å². The third kappa shape index (κ3) is 3.14. The van der Waals surface area contributed by atoms with Crippen LogP contribution in [0.2, 0.25) is 0 Å². The molecule has 0 spiro atoms. The van der Waals surface area contributed by atoms with E-state index in [2.05, 4.69) is 41.8 Å². The molecule has 1 aromatic carbocycles. The van der Waals surface area contributed by atoms with E-state index in [9.17, 15) is 4.39 Å². The molecule has 0 amide bonds. The van der Waals surface area contributed by atoms with Crippen molar-refractivity contribution in [2.24, 2.45) is 0 Å². The molecule has 0 radical (unpaired) electrons. The molecule has 3 heteroatoms. The van der Waals surface area contributed by atoms with Crippen LogP contribution in [0.4, 0.5) is 10.1 Å². The molecule has 1 N–H and O–H groups in total. The first-order chi connectivity index (χ1) is 6.13. The highest BCUT2D eigenvalue weighted by molar-refractivity contribution is 14.1. The zero-order valence-electron chi connectivity index (χ0n) is 7.77. The second-order valence-electron chi connectivity index (χ2n) is 3.08. The second-order valence-corrected chi connectivity index (χ2v) is 4.24. The van der Waals surface area contributed by atoms with E-state index in [0.29, 0.717) is 6.04 Å². The smallest absolute Gasteiger partial charge is 0.124 e. The minimum atomic E-state index is -0.181. The molecular weight excluding hydrogens is 280 g/mol. The average molecular weight is 293 g/mol. The minimum Gasteiger partial charge on any atom is -0.382 e. The maximum Gasteiger partial charge on any atom is 0.124 e. The summed E-state index contributed by atoms with van der Waals surface area (Å²) in [6.45, 7) is 4.23. The number of nitrogens with one attached hydrogen (secondary N) is 1. The van der Waals surface area contributed by atoms with E-state index in [1.165, 1.54) is 12.1 Å². The van der Waals surface area contributed by atoms with Crippen molar-refractivity contribution in [1.82, 2.24) is 0 Å². The van der Waals surface area contributed by atoms with Crippen LogP contribution in [0.5, 0.6) is 0 Å². The summed E-state index contributed by atoms with van der Waals surface area (Å²) in [4.78, 5) is 0. The molecule has 0 aromatic heterocycles. The molecule has 1 aromatic rings. The van der Waals surface area contributed by atoms with Crippen LogP contribution in [0.1, 0.15) is 20.3 Å². The first-order valence-electron chi connectivity index (χ1n) is 4.35. The molecule has 0 saturated carbocycles. The van der Waals surface area contributed by atoms with Gasteiger partial charge in [0.25, 0.3) is 0 Å². The number of rotatable bonds is 3. The van der Waals surface area contributed by atoms with Gasteiger partial charge in [0.05, 0.1) is 0 Å². The van der Waals surface area contributed by atoms with E-state index >= 15 is 0 Å². The van der Waals surface area contributed by atoms with Gasteiger partial charge in [-0.2, -0.15) is 0 Å². The van der Waals surface area contributed by atoms with Crippen molar-refractivity contribution in [2.45, 2.75) is 26.3 Å². The van der Waals surface area contributed by atoms with Gasteiger partial charge in [-0.05, 0) is 54.1 Å². The molecule has 72 valence electrons. The standard InChI is InChI=1S/C10H13FIN/c1-3-7(2)13-10-5-4-8(11)6-9(10)12/h4-7,13H,3H2,1-2H3. The Morgan fingerprint density at radius 3 is 2.77 bits per heavy atom. The van der Waals surface area contributed by atoms with E-state index in [1.807, 2.05) is 0 Å². The highest BCUT2D eigenvalue weighted by atomic mass is 127. The fourth-order valence-corrected chi connectivity index (χ4v) is 1.61. The lowest BCUT2D eigenvalue weighted by Gasteiger charge is -2.14. The number of halogens is 2. The molecule has 1 rings (SSSR count). The summed E-state index contributed by atoms with van der Waals surface area (Å²) >= 11 is 2.13. The number of hydrogen-bond acceptors (Lipinski definition) is 1. The van der Waals surface area contributed by atoms with E-state index in [-0.39, 0.29) is 5.82 Å². The van der Waals surface area contributed by atoms with Crippen molar-refractivity contribution in [3.63, 3.8) is 0 Å². The zero-order chi connectivity index (χ0) is 9.84. The minimum absolute atomic E-state index is 0.181. The van der Waals surface area contributed by atoms with Gasteiger partial charge in [-0.1, -0.05) is 6.92 Å². The molecule has 1 nitrogen and oxygen atoms in total. The Morgan fingerprint density at radius 2 is 2.23 bits per heavy atom. The van der Waals surface area contributed by atoms with Crippen molar-refractivity contribution in [3.05, 3.63) is 27.6 Å². The number of anilines is 1. The van der Waals surface area contributed by atoms with E-state index in [4.69, 9.17) is 0 Å². The lowest BCUT2D eigenvalue weighted by atomic mass is 10.2. The maximum absolute atomic E-state index is 12.7. The molecule has 0 aliphatic rings. The summed E-state index contributed by atoms with van der Waals surface area (Å²) in [6.07, 6.45) is 1.06. The first-order valence-corrected chi connectivity index (χ1v) is 5.43. The Morgan fingerprint density at radius 1 is 1.54 bits per heavy atom. The number of hydrogen-bond donors (Lipinski definition) is 1. The van der Waals surface area contributed by atoms with Gasteiger partial charge in [-0.25, -0.2) is 4.39 Å². The lowest BCUT2D eigenvalue weighted by molar-refractivity contribution is 0.626.